The Kier molecular flexibility index (Phi) is 3.84. The molecule has 0 radical (unpaired) electrons. The third-order valence-electron chi connectivity index (χ3n) is 6.10. The van der Waals surface area contributed by atoms with E-state index in [1.165, 1.54) is 17.7 Å². The monoisotopic (exact) mass is 364 g/mol. The van der Waals surface area contributed by atoms with Crippen LogP contribution >= 0.6 is 0 Å². The molecule has 0 N–H and O–H groups in total. The van der Waals surface area contributed by atoms with E-state index < -0.39 is 0 Å². The second-order valence-corrected chi connectivity index (χ2v) is 8.05. The summed E-state index contributed by atoms with van der Waals surface area (Å²) in [6.45, 7) is 7.39. The SMILES string of the molecule is Cc1cnc(C(=O)N2CC3CN(c4nc(C)nc5c4CCC5)CC3C2)cn1. The first-order valence-corrected chi connectivity index (χ1v) is 9.78. The summed E-state index contributed by atoms with van der Waals surface area (Å²) in [5.41, 5.74) is 3.86. The van der Waals surface area contributed by atoms with Gasteiger partial charge >= 0.3 is 0 Å². The maximum absolute atomic E-state index is 12.7. The zero-order chi connectivity index (χ0) is 18.5. The van der Waals surface area contributed by atoms with Gasteiger partial charge in [-0.2, -0.15) is 0 Å². The molecule has 2 fully saturated rings. The van der Waals surface area contributed by atoms with Gasteiger partial charge in [0.1, 0.15) is 17.3 Å². The van der Waals surface area contributed by atoms with E-state index in [0.29, 0.717) is 17.5 Å². The molecule has 0 bridgehead atoms. The quantitative estimate of drug-likeness (QED) is 0.805. The van der Waals surface area contributed by atoms with Crippen molar-refractivity contribution < 1.29 is 4.79 Å². The molecule has 2 aliphatic heterocycles. The Labute approximate surface area is 158 Å². The molecule has 140 valence electrons. The van der Waals surface area contributed by atoms with Crippen LogP contribution in [0, 0.1) is 25.7 Å². The van der Waals surface area contributed by atoms with Gasteiger partial charge in [0.05, 0.1) is 11.9 Å². The lowest BCUT2D eigenvalue weighted by Gasteiger charge is -2.24. The van der Waals surface area contributed by atoms with E-state index in [1.807, 2.05) is 18.7 Å². The van der Waals surface area contributed by atoms with Crippen LogP contribution in [0.3, 0.4) is 0 Å². The molecule has 1 amide bonds. The fourth-order valence-electron chi connectivity index (χ4n) is 4.79. The standard InChI is InChI=1S/C20H24N6O/c1-12-6-22-18(7-21-12)20(27)26-10-14-8-25(9-15(14)11-26)19-16-4-3-5-17(16)23-13(2)24-19/h6-7,14-15H,3-5,8-11H2,1-2H3. The van der Waals surface area contributed by atoms with Gasteiger partial charge in [-0.3, -0.25) is 9.78 Å². The number of hydrogen-bond donors (Lipinski definition) is 0. The third-order valence-corrected chi connectivity index (χ3v) is 6.10. The van der Waals surface area contributed by atoms with E-state index in [9.17, 15) is 4.79 Å². The van der Waals surface area contributed by atoms with E-state index in [4.69, 9.17) is 4.98 Å². The average molecular weight is 364 g/mol. The number of nitrogens with zero attached hydrogens (tertiary/aromatic N) is 6. The van der Waals surface area contributed by atoms with Crippen LogP contribution in [0.25, 0.3) is 0 Å². The Bertz CT molecular complexity index is 882. The second kappa shape index (κ2) is 6.25. The number of rotatable bonds is 2. The number of carbonyl (C=O) groups is 1. The van der Waals surface area contributed by atoms with E-state index in [0.717, 1.165) is 56.4 Å². The largest absolute Gasteiger partial charge is 0.356 e. The molecule has 2 aromatic rings. The fraction of sp³-hybridized carbons (Fsp3) is 0.550. The number of aryl methyl sites for hydroxylation is 3. The number of amides is 1. The minimum Gasteiger partial charge on any atom is -0.356 e. The molecule has 5 rings (SSSR count). The van der Waals surface area contributed by atoms with E-state index >= 15 is 0 Å². The number of aromatic nitrogens is 4. The lowest BCUT2D eigenvalue weighted by atomic mass is 10.0. The van der Waals surface area contributed by atoms with Crippen LogP contribution in [0.4, 0.5) is 5.82 Å². The molecule has 3 aliphatic rings. The summed E-state index contributed by atoms with van der Waals surface area (Å²) < 4.78 is 0. The first-order valence-electron chi connectivity index (χ1n) is 9.78. The molecule has 4 heterocycles. The van der Waals surface area contributed by atoms with Gasteiger partial charge in [0.2, 0.25) is 0 Å². The molecule has 27 heavy (non-hydrogen) atoms. The van der Waals surface area contributed by atoms with Crippen LogP contribution in [0.15, 0.2) is 12.4 Å². The molecule has 0 saturated carbocycles. The molecule has 2 atom stereocenters. The lowest BCUT2D eigenvalue weighted by Crippen LogP contribution is -2.34. The minimum absolute atomic E-state index is 0.00206. The van der Waals surface area contributed by atoms with E-state index in [2.05, 4.69) is 19.9 Å². The Balaban J connectivity index is 1.30. The van der Waals surface area contributed by atoms with Gasteiger partial charge < -0.3 is 9.80 Å². The van der Waals surface area contributed by atoms with Crippen LogP contribution in [-0.2, 0) is 12.8 Å². The maximum Gasteiger partial charge on any atom is 0.274 e. The smallest absolute Gasteiger partial charge is 0.274 e. The van der Waals surface area contributed by atoms with Crippen molar-refractivity contribution in [3.63, 3.8) is 0 Å². The highest BCUT2D eigenvalue weighted by molar-refractivity contribution is 5.92. The molecule has 0 aromatic carbocycles. The number of anilines is 1. The van der Waals surface area contributed by atoms with Crippen molar-refractivity contribution in [3.05, 3.63) is 40.9 Å². The van der Waals surface area contributed by atoms with Crippen molar-refractivity contribution in [2.24, 2.45) is 11.8 Å². The van der Waals surface area contributed by atoms with Crippen molar-refractivity contribution in [1.29, 1.82) is 0 Å². The van der Waals surface area contributed by atoms with Crippen molar-refractivity contribution in [3.8, 4) is 0 Å². The number of carbonyl (C=O) groups excluding carboxylic acids is 1. The second-order valence-electron chi connectivity index (χ2n) is 8.05. The fourth-order valence-corrected chi connectivity index (χ4v) is 4.79. The van der Waals surface area contributed by atoms with Gasteiger partial charge in [0.15, 0.2) is 0 Å². The molecule has 2 unspecified atom stereocenters. The number of fused-ring (bicyclic) bond motifs is 2. The normalized spacial score (nSPS) is 23.6. The zero-order valence-electron chi connectivity index (χ0n) is 15.9. The Morgan fingerprint density at radius 1 is 1.00 bits per heavy atom. The molecule has 7 nitrogen and oxygen atoms in total. The molecular weight excluding hydrogens is 340 g/mol. The highest BCUT2D eigenvalue weighted by Gasteiger charge is 2.43. The molecule has 0 spiro atoms. The van der Waals surface area contributed by atoms with Gasteiger partial charge in [0.25, 0.3) is 5.91 Å². The molecule has 1 aliphatic carbocycles. The predicted molar refractivity (Wildman–Crippen MR) is 101 cm³/mol. The average Bonchev–Trinajstić information content (AvgIpc) is 3.35. The van der Waals surface area contributed by atoms with Gasteiger partial charge in [-0.1, -0.05) is 0 Å². The molecule has 2 aromatic heterocycles. The summed E-state index contributed by atoms with van der Waals surface area (Å²) in [6, 6.07) is 0. The Hall–Kier alpha value is -2.57. The minimum atomic E-state index is 0.00206. The van der Waals surface area contributed by atoms with Crippen LogP contribution in [0.5, 0.6) is 0 Å². The third kappa shape index (κ3) is 2.85. The van der Waals surface area contributed by atoms with Crippen molar-refractivity contribution >= 4 is 11.7 Å². The predicted octanol–water partition coefficient (Wildman–Crippen LogP) is 1.58. The number of hydrogen-bond acceptors (Lipinski definition) is 6. The highest BCUT2D eigenvalue weighted by atomic mass is 16.2. The molecule has 7 heteroatoms. The summed E-state index contributed by atoms with van der Waals surface area (Å²) in [5.74, 6) is 3.02. The van der Waals surface area contributed by atoms with Crippen molar-refractivity contribution in [2.75, 3.05) is 31.1 Å². The van der Waals surface area contributed by atoms with Crippen molar-refractivity contribution in [1.82, 2.24) is 24.8 Å². The number of likely N-dealkylation sites (tertiary alicyclic amines) is 1. The van der Waals surface area contributed by atoms with E-state index in [1.54, 1.807) is 12.4 Å². The van der Waals surface area contributed by atoms with Crippen LogP contribution < -0.4 is 4.90 Å². The lowest BCUT2D eigenvalue weighted by molar-refractivity contribution is 0.0776. The maximum atomic E-state index is 12.7. The van der Waals surface area contributed by atoms with Gasteiger partial charge in [-0.25, -0.2) is 15.0 Å². The Morgan fingerprint density at radius 3 is 2.48 bits per heavy atom. The summed E-state index contributed by atoms with van der Waals surface area (Å²) in [5, 5.41) is 0. The summed E-state index contributed by atoms with van der Waals surface area (Å²) in [6.07, 6.45) is 6.59. The van der Waals surface area contributed by atoms with Crippen molar-refractivity contribution in [2.45, 2.75) is 33.1 Å². The zero-order valence-corrected chi connectivity index (χ0v) is 15.9. The molecular formula is C20H24N6O. The summed E-state index contributed by atoms with van der Waals surface area (Å²) in [7, 11) is 0. The van der Waals surface area contributed by atoms with Gasteiger partial charge in [-0.15, -0.1) is 0 Å². The highest BCUT2D eigenvalue weighted by Crippen LogP contribution is 2.37. The molecule has 2 saturated heterocycles. The summed E-state index contributed by atoms with van der Waals surface area (Å²) in [4.78, 5) is 35.0. The van der Waals surface area contributed by atoms with Crippen LogP contribution in [0.2, 0.25) is 0 Å². The van der Waals surface area contributed by atoms with Gasteiger partial charge in [0, 0.05) is 55.5 Å². The Morgan fingerprint density at radius 2 is 1.78 bits per heavy atom. The first kappa shape index (κ1) is 16.6. The van der Waals surface area contributed by atoms with E-state index in [-0.39, 0.29) is 5.91 Å². The topological polar surface area (TPSA) is 75.1 Å². The summed E-state index contributed by atoms with van der Waals surface area (Å²) >= 11 is 0. The van der Waals surface area contributed by atoms with Crippen LogP contribution in [0.1, 0.15) is 39.7 Å². The van der Waals surface area contributed by atoms with Gasteiger partial charge in [-0.05, 0) is 33.1 Å². The first-order chi connectivity index (χ1) is 13.1. The van der Waals surface area contributed by atoms with Crippen LogP contribution in [-0.4, -0.2) is 56.9 Å².